The number of carbonyl (C=O) groups excluding carboxylic acids is 2. The molecule has 1 aliphatic carbocycles. The highest BCUT2D eigenvalue weighted by Gasteiger charge is 2.53. The average Bonchev–Trinajstić information content (AvgIpc) is 3.13. The molecular formula is C24H21FN4O5. The van der Waals surface area contributed by atoms with Crippen LogP contribution in [-0.4, -0.2) is 44.6 Å². The molecule has 10 heteroatoms. The Morgan fingerprint density at radius 2 is 1.85 bits per heavy atom. The van der Waals surface area contributed by atoms with Crippen LogP contribution in [-0.2, 0) is 15.1 Å². The van der Waals surface area contributed by atoms with Gasteiger partial charge in [0.1, 0.15) is 22.8 Å². The lowest BCUT2D eigenvalue weighted by Gasteiger charge is -2.40. The van der Waals surface area contributed by atoms with Crippen LogP contribution in [0.4, 0.5) is 10.3 Å². The molecule has 1 spiro atoms. The van der Waals surface area contributed by atoms with Crippen molar-refractivity contribution < 1.29 is 28.6 Å². The second-order valence-electron chi connectivity index (χ2n) is 8.47. The topological polar surface area (TPSA) is 124 Å². The van der Waals surface area contributed by atoms with E-state index in [0.717, 1.165) is 5.56 Å². The van der Waals surface area contributed by atoms with E-state index in [-0.39, 0.29) is 18.8 Å². The van der Waals surface area contributed by atoms with Gasteiger partial charge in [0, 0.05) is 42.0 Å². The van der Waals surface area contributed by atoms with Crippen molar-refractivity contribution >= 4 is 17.8 Å². The highest BCUT2D eigenvalue weighted by Crippen LogP contribution is 2.49. The Kier molecular flexibility index (Phi) is 5.24. The molecule has 2 aliphatic rings. The first kappa shape index (κ1) is 21.9. The zero-order valence-corrected chi connectivity index (χ0v) is 18.2. The van der Waals surface area contributed by atoms with Crippen LogP contribution in [0.3, 0.4) is 0 Å². The summed E-state index contributed by atoms with van der Waals surface area (Å²) in [5.41, 5.74) is -0.306. The first-order valence-electron chi connectivity index (χ1n) is 10.7. The molecule has 0 bridgehead atoms. The standard InChI is InChI=1S/C24H21FN4O5/c1-33-17-9-14(8-16(25)10-17)15-11-27-22(28-12-15)29-21(31)23(32)3-5-24(6-4-23)19-2-7-26-13-18(19)20(30)34-24/h2,7-13,32H,3-6H2,1H3,(H,27,28,29,31). The number of ether oxygens (including phenoxy) is 2. The summed E-state index contributed by atoms with van der Waals surface area (Å²) in [6.07, 6.45) is 6.73. The van der Waals surface area contributed by atoms with Crippen molar-refractivity contribution in [3.63, 3.8) is 0 Å². The van der Waals surface area contributed by atoms with Crippen molar-refractivity contribution in [3.8, 4) is 16.9 Å². The van der Waals surface area contributed by atoms with E-state index in [2.05, 4.69) is 20.3 Å². The van der Waals surface area contributed by atoms with E-state index in [1.807, 2.05) is 0 Å². The molecule has 3 heterocycles. The van der Waals surface area contributed by atoms with E-state index < -0.39 is 28.9 Å². The molecule has 2 N–H and O–H groups in total. The molecule has 1 aromatic carbocycles. The molecule has 1 fully saturated rings. The first-order valence-corrected chi connectivity index (χ1v) is 10.7. The summed E-state index contributed by atoms with van der Waals surface area (Å²) >= 11 is 0. The van der Waals surface area contributed by atoms with Crippen LogP contribution in [0.1, 0.15) is 41.6 Å². The van der Waals surface area contributed by atoms with Crippen molar-refractivity contribution in [2.45, 2.75) is 36.9 Å². The number of halogens is 1. The van der Waals surface area contributed by atoms with Gasteiger partial charge in [-0.3, -0.25) is 15.1 Å². The molecule has 34 heavy (non-hydrogen) atoms. The number of anilines is 1. The lowest BCUT2D eigenvalue weighted by atomic mass is 9.72. The average molecular weight is 464 g/mol. The van der Waals surface area contributed by atoms with Crippen molar-refractivity contribution in [3.05, 3.63) is 66.0 Å². The molecule has 0 radical (unpaired) electrons. The van der Waals surface area contributed by atoms with E-state index in [9.17, 15) is 19.1 Å². The molecule has 5 rings (SSSR count). The van der Waals surface area contributed by atoms with Gasteiger partial charge in [-0.1, -0.05) is 0 Å². The number of nitrogens with zero attached hydrogens (tertiary/aromatic N) is 3. The molecule has 0 saturated heterocycles. The Bertz CT molecular complexity index is 1270. The highest BCUT2D eigenvalue weighted by atomic mass is 19.1. The third-order valence-corrected chi connectivity index (χ3v) is 6.44. The normalized spacial score (nSPS) is 23.3. The zero-order chi connectivity index (χ0) is 23.9. The van der Waals surface area contributed by atoms with Crippen molar-refractivity contribution in [2.24, 2.45) is 0 Å². The number of methoxy groups -OCH3 is 1. The van der Waals surface area contributed by atoms with Gasteiger partial charge in [0.2, 0.25) is 5.95 Å². The van der Waals surface area contributed by atoms with Gasteiger partial charge in [-0.25, -0.2) is 19.2 Å². The monoisotopic (exact) mass is 464 g/mol. The summed E-state index contributed by atoms with van der Waals surface area (Å²) in [5.74, 6) is -1.17. The number of benzene rings is 1. The number of hydrogen-bond acceptors (Lipinski definition) is 8. The maximum absolute atomic E-state index is 13.8. The van der Waals surface area contributed by atoms with Crippen LogP contribution in [0.15, 0.2) is 49.1 Å². The Morgan fingerprint density at radius 3 is 2.56 bits per heavy atom. The minimum Gasteiger partial charge on any atom is -0.497 e. The number of hydrogen-bond donors (Lipinski definition) is 2. The fraction of sp³-hybridized carbons (Fsp3) is 0.292. The van der Waals surface area contributed by atoms with E-state index in [0.29, 0.717) is 35.3 Å². The highest BCUT2D eigenvalue weighted by molar-refractivity contribution is 5.96. The number of carbonyl (C=O) groups is 2. The van der Waals surface area contributed by atoms with Crippen LogP contribution >= 0.6 is 0 Å². The van der Waals surface area contributed by atoms with Gasteiger partial charge in [-0.2, -0.15) is 0 Å². The number of amides is 1. The van der Waals surface area contributed by atoms with Gasteiger partial charge >= 0.3 is 5.97 Å². The summed E-state index contributed by atoms with van der Waals surface area (Å²) in [4.78, 5) is 37.3. The fourth-order valence-corrected chi connectivity index (χ4v) is 4.51. The molecular weight excluding hydrogens is 443 g/mol. The minimum atomic E-state index is -1.66. The number of esters is 1. The third-order valence-electron chi connectivity index (χ3n) is 6.44. The van der Waals surface area contributed by atoms with E-state index >= 15 is 0 Å². The van der Waals surface area contributed by atoms with Crippen LogP contribution in [0.25, 0.3) is 11.1 Å². The number of fused-ring (bicyclic) bond motifs is 2. The van der Waals surface area contributed by atoms with Crippen LogP contribution in [0.5, 0.6) is 5.75 Å². The van der Waals surface area contributed by atoms with E-state index in [1.54, 1.807) is 18.3 Å². The van der Waals surface area contributed by atoms with Crippen molar-refractivity contribution in [2.75, 3.05) is 12.4 Å². The number of pyridine rings is 1. The molecule has 2 aromatic heterocycles. The van der Waals surface area contributed by atoms with Gasteiger partial charge in [0.15, 0.2) is 0 Å². The molecule has 3 aromatic rings. The van der Waals surface area contributed by atoms with Gasteiger partial charge < -0.3 is 14.6 Å². The van der Waals surface area contributed by atoms with Gasteiger partial charge in [0.25, 0.3) is 5.91 Å². The number of nitrogens with one attached hydrogen (secondary N) is 1. The van der Waals surface area contributed by atoms with Crippen LogP contribution in [0, 0.1) is 5.82 Å². The second-order valence-corrected chi connectivity index (χ2v) is 8.47. The maximum atomic E-state index is 13.8. The molecule has 1 amide bonds. The lowest BCUT2D eigenvalue weighted by Crippen LogP contribution is -2.49. The van der Waals surface area contributed by atoms with Gasteiger partial charge in [-0.15, -0.1) is 0 Å². The second kappa shape index (κ2) is 8.14. The van der Waals surface area contributed by atoms with Crippen molar-refractivity contribution in [1.82, 2.24) is 15.0 Å². The molecule has 1 aliphatic heterocycles. The molecule has 0 atom stereocenters. The lowest BCUT2D eigenvalue weighted by molar-refractivity contribution is -0.144. The van der Waals surface area contributed by atoms with Crippen LogP contribution in [0.2, 0.25) is 0 Å². The number of rotatable bonds is 4. The smallest absolute Gasteiger partial charge is 0.341 e. The summed E-state index contributed by atoms with van der Waals surface area (Å²) in [5, 5.41) is 13.5. The maximum Gasteiger partial charge on any atom is 0.341 e. The Labute approximate surface area is 194 Å². The van der Waals surface area contributed by atoms with Gasteiger partial charge in [-0.05, 0) is 49.4 Å². The third kappa shape index (κ3) is 3.75. The summed E-state index contributed by atoms with van der Waals surface area (Å²) in [7, 11) is 1.44. The summed E-state index contributed by atoms with van der Waals surface area (Å²) in [6.45, 7) is 0. The Balaban J connectivity index is 1.27. The predicted molar refractivity (Wildman–Crippen MR) is 117 cm³/mol. The van der Waals surface area contributed by atoms with E-state index in [4.69, 9.17) is 9.47 Å². The first-order chi connectivity index (χ1) is 16.3. The van der Waals surface area contributed by atoms with Crippen molar-refractivity contribution in [1.29, 1.82) is 0 Å². The predicted octanol–water partition coefficient (Wildman–Crippen LogP) is 3.00. The molecule has 1 saturated carbocycles. The summed E-state index contributed by atoms with van der Waals surface area (Å²) < 4.78 is 24.5. The van der Waals surface area contributed by atoms with E-state index in [1.165, 1.54) is 37.8 Å². The quantitative estimate of drug-likeness (QED) is 0.565. The molecule has 0 unspecified atom stereocenters. The number of aromatic nitrogens is 3. The Hall–Kier alpha value is -3.92. The molecule has 174 valence electrons. The Morgan fingerprint density at radius 1 is 1.12 bits per heavy atom. The fourth-order valence-electron chi connectivity index (χ4n) is 4.51. The van der Waals surface area contributed by atoms with Crippen LogP contribution < -0.4 is 10.1 Å². The molecule has 9 nitrogen and oxygen atoms in total. The summed E-state index contributed by atoms with van der Waals surface area (Å²) in [6, 6.07) is 5.97. The zero-order valence-electron chi connectivity index (χ0n) is 18.2. The number of aliphatic hydroxyl groups is 1. The SMILES string of the molecule is COc1cc(F)cc(-c2cnc(NC(=O)C3(O)CCC4(CC3)OC(=O)c3cnccc34)nc2)c1. The van der Waals surface area contributed by atoms with Gasteiger partial charge in [0.05, 0.1) is 12.7 Å². The largest absolute Gasteiger partial charge is 0.497 e. The minimum absolute atomic E-state index is 0.00884.